The van der Waals surface area contributed by atoms with Crippen molar-refractivity contribution in [2.75, 3.05) is 13.2 Å². The van der Waals surface area contributed by atoms with Crippen LogP contribution in [0.3, 0.4) is 0 Å². The van der Waals surface area contributed by atoms with E-state index in [4.69, 9.17) is 14.2 Å². The fourth-order valence-corrected chi connectivity index (χ4v) is 3.10. The third-order valence-corrected chi connectivity index (χ3v) is 4.60. The summed E-state index contributed by atoms with van der Waals surface area (Å²) in [5.41, 5.74) is 2.27. The first-order valence-electron chi connectivity index (χ1n) is 8.17. The fourth-order valence-electron chi connectivity index (χ4n) is 2.28. The molecule has 0 N–H and O–H groups in total. The van der Waals surface area contributed by atoms with Crippen LogP contribution in [0.25, 0.3) is 0 Å². The second-order valence-corrected chi connectivity index (χ2v) is 6.36. The van der Waals surface area contributed by atoms with E-state index in [1.54, 1.807) is 18.3 Å². The second-order valence-electron chi connectivity index (χ2n) is 5.36. The van der Waals surface area contributed by atoms with Crippen molar-refractivity contribution in [3.63, 3.8) is 0 Å². The zero-order valence-corrected chi connectivity index (χ0v) is 15.2. The SMILES string of the molecule is CCOC(=O)C(Cc1ccc(OCc2sccc2C)cc1)OCC. The number of rotatable bonds is 9. The molecule has 0 aliphatic rings. The molecule has 0 radical (unpaired) electrons. The van der Waals surface area contributed by atoms with Crippen molar-refractivity contribution >= 4 is 17.3 Å². The van der Waals surface area contributed by atoms with Gasteiger partial charge in [-0.3, -0.25) is 0 Å². The van der Waals surface area contributed by atoms with Gasteiger partial charge in [0.1, 0.15) is 12.4 Å². The number of benzene rings is 1. The number of thiophene rings is 1. The van der Waals surface area contributed by atoms with E-state index in [9.17, 15) is 4.79 Å². The number of hydrogen-bond donors (Lipinski definition) is 0. The van der Waals surface area contributed by atoms with E-state index in [1.165, 1.54) is 10.4 Å². The normalized spacial score (nSPS) is 12.0. The summed E-state index contributed by atoms with van der Waals surface area (Å²) in [4.78, 5) is 13.1. The van der Waals surface area contributed by atoms with Crippen LogP contribution >= 0.6 is 11.3 Å². The summed E-state index contributed by atoms with van der Waals surface area (Å²) in [6.45, 7) is 7.16. The van der Waals surface area contributed by atoms with Crippen molar-refractivity contribution in [3.8, 4) is 5.75 Å². The van der Waals surface area contributed by atoms with Crippen LogP contribution < -0.4 is 4.74 Å². The minimum Gasteiger partial charge on any atom is -0.488 e. The molecule has 0 spiro atoms. The van der Waals surface area contributed by atoms with Gasteiger partial charge in [-0.2, -0.15) is 0 Å². The third-order valence-electron chi connectivity index (χ3n) is 3.60. The maximum Gasteiger partial charge on any atom is 0.335 e. The van der Waals surface area contributed by atoms with Gasteiger partial charge in [-0.15, -0.1) is 11.3 Å². The maximum absolute atomic E-state index is 11.9. The third kappa shape index (κ3) is 5.35. The first kappa shape index (κ1) is 18.5. The van der Waals surface area contributed by atoms with Crippen molar-refractivity contribution in [1.82, 2.24) is 0 Å². The molecule has 5 heteroatoms. The Morgan fingerprint density at radius 3 is 2.46 bits per heavy atom. The summed E-state index contributed by atoms with van der Waals surface area (Å²) in [6, 6.07) is 9.86. The summed E-state index contributed by atoms with van der Waals surface area (Å²) in [5.74, 6) is 0.503. The molecular formula is C19H24O4S. The molecule has 0 aliphatic carbocycles. The van der Waals surface area contributed by atoms with E-state index >= 15 is 0 Å². The van der Waals surface area contributed by atoms with Crippen LogP contribution in [-0.2, 0) is 27.3 Å². The molecule has 2 rings (SSSR count). The van der Waals surface area contributed by atoms with E-state index in [0.29, 0.717) is 26.2 Å². The van der Waals surface area contributed by atoms with Crippen molar-refractivity contribution in [2.24, 2.45) is 0 Å². The van der Waals surface area contributed by atoms with Crippen LogP contribution in [0, 0.1) is 6.92 Å². The van der Waals surface area contributed by atoms with Gasteiger partial charge in [-0.05, 0) is 55.5 Å². The minimum atomic E-state index is -0.560. The highest BCUT2D eigenvalue weighted by Crippen LogP contribution is 2.20. The second kappa shape index (κ2) is 9.45. The smallest absolute Gasteiger partial charge is 0.335 e. The van der Waals surface area contributed by atoms with Gasteiger partial charge in [0.25, 0.3) is 0 Å². The lowest BCUT2D eigenvalue weighted by molar-refractivity contribution is -0.156. The van der Waals surface area contributed by atoms with E-state index in [0.717, 1.165) is 11.3 Å². The molecule has 130 valence electrons. The van der Waals surface area contributed by atoms with Crippen LogP contribution in [0.1, 0.15) is 29.9 Å². The molecule has 0 saturated heterocycles. The molecule has 4 nitrogen and oxygen atoms in total. The molecule has 1 unspecified atom stereocenters. The lowest BCUT2D eigenvalue weighted by Crippen LogP contribution is -2.28. The first-order valence-corrected chi connectivity index (χ1v) is 9.05. The van der Waals surface area contributed by atoms with Crippen LogP contribution in [-0.4, -0.2) is 25.3 Å². The molecule has 0 saturated carbocycles. The number of hydrogen-bond acceptors (Lipinski definition) is 5. The quantitative estimate of drug-likeness (QED) is 0.639. The number of ether oxygens (including phenoxy) is 3. The topological polar surface area (TPSA) is 44.8 Å². The average molecular weight is 348 g/mol. The predicted octanol–water partition coefficient (Wildman–Crippen LogP) is 4.15. The summed E-state index contributed by atoms with van der Waals surface area (Å²) < 4.78 is 16.4. The van der Waals surface area contributed by atoms with Crippen molar-refractivity contribution in [3.05, 3.63) is 51.7 Å². The average Bonchev–Trinajstić information content (AvgIpc) is 2.99. The standard InChI is InChI=1S/C19H24O4S/c1-4-21-17(19(20)22-5-2)12-15-6-8-16(9-7-15)23-13-18-14(3)10-11-24-18/h6-11,17H,4-5,12-13H2,1-3H3. The summed E-state index contributed by atoms with van der Waals surface area (Å²) in [5, 5.41) is 2.07. The molecule has 0 aliphatic heterocycles. The van der Waals surface area contributed by atoms with E-state index in [-0.39, 0.29) is 5.97 Å². The summed E-state index contributed by atoms with van der Waals surface area (Å²) in [6.07, 6.45) is -0.0627. The highest BCUT2D eigenvalue weighted by Gasteiger charge is 2.20. The molecule has 1 aromatic heterocycles. The largest absolute Gasteiger partial charge is 0.488 e. The van der Waals surface area contributed by atoms with E-state index < -0.39 is 6.10 Å². The molecule has 24 heavy (non-hydrogen) atoms. The van der Waals surface area contributed by atoms with Crippen molar-refractivity contribution in [1.29, 1.82) is 0 Å². The lowest BCUT2D eigenvalue weighted by atomic mass is 10.1. The van der Waals surface area contributed by atoms with Crippen molar-refractivity contribution in [2.45, 2.75) is 39.9 Å². The maximum atomic E-state index is 11.9. The molecule has 1 aromatic carbocycles. The van der Waals surface area contributed by atoms with Gasteiger partial charge >= 0.3 is 5.97 Å². The molecular weight excluding hydrogens is 324 g/mol. The summed E-state index contributed by atoms with van der Waals surface area (Å²) >= 11 is 1.70. The van der Waals surface area contributed by atoms with Gasteiger partial charge in [0.05, 0.1) is 6.61 Å². The first-order chi connectivity index (χ1) is 11.6. The molecule has 0 amide bonds. The number of carbonyl (C=O) groups excluding carboxylic acids is 1. The van der Waals surface area contributed by atoms with Gasteiger partial charge in [-0.1, -0.05) is 12.1 Å². The Kier molecular flexibility index (Phi) is 7.28. The number of aryl methyl sites for hydroxylation is 1. The highest BCUT2D eigenvalue weighted by atomic mass is 32.1. The van der Waals surface area contributed by atoms with Crippen LogP contribution in [0.2, 0.25) is 0 Å². The Hall–Kier alpha value is -1.85. The Morgan fingerprint density at radius 2 is 1.88 bits per heavy atom. The van der Waals surface area contributed by atoms with Gasteiger partial charge in [0.2, 0.25) is 0 Å². The highest BCUT2D eigenvalue weighted by molar-refractivity contribution is 7.10. The zero-order chi connectivity index (χ0) is 17.4. The Bertz CT molecular complexity index is 633. The summed E-state index contributed by atoms with van der Waals surface area (Å²) in [7, 11) is 0. The van der Waals surface area contributed by atoms with Crippen LogP contribution in [0.5, 0.6) is 5.75 Å². The molecule has 1 atom stereocenters. The number of carbonyl (C=O) groups is 1. The van der Waals surface area contributed by atoms with Gasteiger partial charge in [-0.25, -0.2) is 4.79 Å². The van der Waals surface area contributed by atoms with E-state index in [2.05, 4.69) is 18.4 Å². The van der Waals surface area contributed by atoms with Crippen LogP contribution in [0.4, 0.5) is 0 Å². The van der Waals surface area contributed by atoms with Crippen LogP contribution in [0.15, 0.2) is 35.7 Å². The van der Waals surface area contributed by atoms with Gasteiger partial charge in [0.15, 0.2) is 6.10 Å². The zero-order valence-electron chi connectivity index (χ0n) is 14.4. The monoisotopic (exact) mass is 348 g/mol. The lowest BCUT2D eigenvalue weighted by Gasteiger charge is -2.15. The van der Waals surface area contributed by atoms with Gasteiger partial charge in [0, 0.05) is 17.9 Å². The molecule has 2 aromatic rings. The number of esters is 1. The Labute approximate surface area is 147 Å². The predicted molar refractivity (Wildman–Crippen MR) is 95.6 cm³/mol. The Morgan fingerprint density at radius 1 is 1.12 bits per heavy atom. The Balaban J connectivity index is 1.92. The molecule has 1 heterocycles. The van der Waals surface area contributed by atoms with Gasteiger partial charge < -0.3 is 14.2 Å². The molecule has 0 fully saturated rings. The van der Waals surface area contributed by atoms with E-state index in [1.807, 2.05) is 31.2 Å². The van der Waals surface area contributed by atoms with Crippen molar-refractivity contribution < 1.29 is 19.0 Å². The fraction of sp³-hybridized carbons (Fsp3) is 0.421. The molecule has 0 bridgehead atoms. The minimum absolute atomic E-state index is 0.312.